The molecule has 3 rings (SSSR count). The number of hydrogen-bond donors (Lipinski definition) is 2. The molecule has 3 N–H and O–H groups in total. The summed E-state index contributed by atoms with van der Waals surface area (Å²) in [6, 6.07) is 3.94. The van der Waals surface area contributed by atoms with Gasteiger partial charge in [-0.3, -0.25) is 9.59 Å². The highest BCUT2D eigenvalue weighted by Gasteiger charge is 2.27. The molecule has 1 aromatic heterocycles. The number of carbonyl (C=O) groups is 2. The van der Waals surface area contributed by atoms with Crippen molar-refractivity contribution < 1.29 is 14.0 Å². The Hall–Kier alpha value is -2.19. The first-order valence-electron chi connectivity index (χ1n) is 7.74. The second kappa shape index (κ2) is 7.37. The lowest BCUT2D eigenvalue weighted by molar-refractivity contribution is 0.0789. The Morgan fingerprint density at radius 1 is 1.36 bits per heavy atom. The molecule has 0 radical (unpaired) electrons. The van der Waals surface area contributed by atoms with Crippen molar-refractivity contribution in [1.29, 1.82) is 0 Å². The van der Waals surface area contributed by atoms with Gasteiger partial charge in [0.1, 0.15) is 10.7 Å². The lowest BCUT2D eigenvalue weighted by Gasteiger charge is -2.13. The zero-order valence-corrected chi connectivity index (χ0v) is 14.8. The fourth-order valence-corrected chi connectivity index (χ4v) is 3.55. The van der Waals surface area contributed by atoms with Crippen molar-refractivity contribution in [2.24, 2.45) is 0 Å². The van der Waals surface area contributed by atoms with Crippen LogP contribution in [-0.2, 0) is 6.54 Å². The van der Waals surface area contributed by atoms with Crippen LogP contribution in [0, 0.1) is 5.82 Å². The molecule has 1 aromatic carbocycles. The van der Waals surface area contributed by atoms with Crippen molar-refractivity contribution in [3.8, 4) is 0 Å². The number of nitrogens with two attached hydrogens (primary N) is 1. The van der Waals surface area contributed by atoms with Gasteiger partial charge in [-0.15, -0.1) is 0 Å². The third-order valence-corrected chi connectivity index (χ3v) is 5.20. The summed E-state index contributed by atoms with van der Waals surface area (Å²) in [5.74, 6) is -1.14. The van der Waals surface area contributed by atoms with Crippen LogP contribution in [0.4, 0.5) is 10.1 Å². The molecule has 2 heterocycles. The van der Waals surface area contributed by atoms with E-state index in [1.165, 1.54) is 18.2 Å². The molecule has 132 valence electrons. The van der Waals surface area contributed by atoms with Crippen molar-refractivity contribution in [1.82, 2.24) is 14.6 Å². The van der Waals surface area contributed by atoms with Gasteiger partial charge in [-0.25, -0.2) is 4.39 Å². The maximum atomic E-state index is 13.0. The van der Waals surface area contributed by atoms with Gasteiger partial charge in [0.2, 0.25) is 0 Å². The van der Waals surface area contributed by atoms with E-state index in [2.05, 4.69) is 9.69 Å². The molecule has 1 aliphatic heterocycles. The van der Waals surface area contributed by atoms with E-state index in [9.17, 15) is 14.0 Å². The standard InChI is InChI=1S/C16H16ClFN4O2S/c17-11-7-10(18)4-3-9(11)8-20-15(23)14-12(19)13(21-25-14)16(24)22-5-1-2-6-22/h3-4,7H,1-2,5-6,8,19H2,(H,20,23). The van der Waals surface area contributed by atoms with Gasteiger partial charge in [-0.05, 0) is 42.1 Å². The van der Waals surface area contributed by atoms with Crippen LogP contribution in [0.15, 0.2) is 18.2 Å². The summed E-state index contributed by atoms with van der Waals surface area (Å²) in [7, 11) is 0. The third-order valence-electron chi connectivity index (χ3n) is 3.98. The zero-order chi connectivity index (χ0) is 18.0. The van der Waals surface area contributed by atoms with Crippen molar-refractivity contribution >= 4 is 40.6 Å². The van der Waals surface area contributed by atoms with Crippen LogP contribution in [0.1, 0.15) is 38.6 Å². The summed E-state index contributed by atoms with van der Waals surface area (Å²) < 4.78 is 17.1. The fraction of sp³-hybridized carbons (Fsp3) is 0.312. The van der Waals surface area contributed by atoms with Crippen LogP contribution < -0.4 is 11.1 Å². The Bertz CT molecular complexity index is 820. The predicted molar refractivity (Wildman–Crippen MR) is 94.2 cm³/mol. The molecule has 0 spiro atoms. The molecule has 9 heteroatoms. The van der Waals surface area contributed by atoms with Gasteiger partial charge >= 0.3 is 0 Å². The second-order valence-corrected chi connectivity index (χ2v) is 6.87. The number of nitrogens with zero attached hydrogens (tertiary/aromatic N) is 2. The molecule has 6 nitrogen and oxygen atoms in total. The molecule has 0 aliphatic carbocycles. The normalized spacial score (nSPS) is 13.9. The summed E-state index contributed by atoms with van der Waals surface area (Å²) in [5, 5.41) is 2.88. The van der Waals surface area contributed by atoms with Crippen molar-refractivity contribution in [3.63, 3.8) is 0 Å². The number of hydrogen-bond acceptors (Lipinski definition) is 5. The highest BCUT2D eigenvalue weighted by atomic mass is 35.5. The van der Waals surface area contributed by atoms with Crippen molar-refractivity contribution in [2.45, 2.75) is 19.4 Å². The van der Waals surface area contributed by atoms with Gasteiger partial charge in [-0.2, -0.15) is 4.37 Å². The highest BCUT2D eigenvalue weighted by Crippen LogP contribution is 2.25. The fourth-order valence-electron chi connectivity index (χ4n) is 2.61. The Morgan fingerprint density at radius 2 is 2.08 bits per heavy atom. The van der Waals surface area contributed by atoms with E-state index >= 15 is 0 Å². The van der Waals surface area contributed by atoms with Gasteiger partial charge in [0.15, 0.2) is 5.69 Å². The molecular weight excluding hydrogens is 367 g/mol. The van der Waals surface area contributed by atoms with Crippen LogP contribution in [0.5, 0.6) is 0 Å². The SMILES string of the molecule is Nc1c(C(=O)N2CCCC2)nsc1C(=O)NCc1ccc(F)cc1Cl. The first-order valence-corrected chi connectivity index (χ1v) is 8.89. The molecule has 1 fully saturated rings. The predicted octanol–water partition coefficient (Wildman–Crippen LogP) is 2.68. The van der Waals surface area contributed by atoms with Crippen LogP contribution >= 0.6 is 23.1 Å². The Kier molecular flexibility index (Phi) is 5.19. The van der Waals surface area contributed by atoms with Crippen LogP contribution in [0.25, 0.3) is 0 Å². The first-order chi connectivity index (χ1) is 12.0. The molecule has 0 saturated carbocycles. The summed E-state index contributed by atoms with van der Waals surface area (Å²) in [5.41, 5.74) is 6.74. The van der Waals surface area contributed by atoms with Gasteiger partial charge in [0, 0.05) is 24.7 Å². The minimum absolute atomic E-state index is 0.0876. The quantitative estimate of drug-likeness (QED) is 0.850. The first kappa shape index (κ1) is 17.6. The van der Waals surface area contributed by atoms with Gasteiger partial charge < -0.3 is 16.0 Å². The smallest absolute Gasteiger partial charge is 0.275 e. The third kappa shape index (κ3) is 3.74. The Balaban J connectivity index is 1.69. The average Bonchev–Trinajstić information content (AvgIpc) is 3.23. The molecular formula is C16H16ClFN4O2S. The van der Waals surface area contributed by atoms with Crippen molar-refractivity contribution in [3.05, 3.63) is 45.2 Å². The number of likely N-dealkylation sites (tertiary alicyclic amines) is 1. The Morgan fingerprint density at radius 3 is 2.76 bits per heavy atom. The summed E-state index contributed by atoms with van der Waals surface area (Å²) in [4.78, 5) is 26.5. The van der Waals surface area contributed by atoms with Gasteiger partial charge in [0.25, 0.3) is 11.8 Å². The number of nitrogen functional groups attached to an aromatic ring is 1. The number of aromatic nitrogens is 1. The minimum atomic E-state index is -0.448. The van der Waals surface area contributed by atoms with Crippen molar-refractivity contribution in [2.75, 3.05) is 18.8 Å². The van der Waals surface area contributed by atoms with E-state index in [0.29, 0.717) is 18.7 Å². The maximum absolute atomic E-state index is 13.0. The summed E-state index contributed by atoms with van der Waals surface area (Å²) in [6.45, 7) is 1.48. The molecule has 25 heavy (non-hydrogen) atoms. The summed E-state index contributed by atoms with van der Waals surface area (Å²) >= 11 is 6.82. The molecule has 2 amide bonds. The van der Waals surface area contributed by atoms with E-state index in [4.69, 9.17) is 17.3 Å². The number of rotatable bonds is 4. The topological polar surface area (TPSA) is 88.3 Å². The number of carbonyl (C=O) groups excluding carboxylic acids is 2. The van der Waals surface area contributed by atoms with Crippen LogP contribution in [0.2, 0.25) is 5.02 Å². The van der Waals surface area contributed by atoms with Gasteiger partial charge in [0.05, 0.1) is 5.69 Å². The number of amides is 2. The second-order valence-electron chi connectivity index (χ2n) is 5.69. The molecule has 1 aliphatic rings. The molecule has 0 unspecified atom stereocenters. The highest BCUT2D eigenvalue weighted by molar-refractivity contribution is 7.09. The van der Waals surface area contributed by atoms with Crippen LogP contribution in [-0.4, -0.2) is 34.2 Å². The van der Waals surface area contributed by atoms with Crippen LogP contribution in [0.3, 0.4) is 0 Å². The lowest BCUT2D eigenvalue weighted by Crippen LogP contribution is -2.29. The molecule has 1 saturated heterocycles. The number of halogens is 2. The zero-order valence-electron chi connectivity index (χ0n) is 13.2. The number of nitrogens with one attached hydrogen (secondary N) is 1. The number of benzene rings is 1. The van der Waals surface area contributed by atoms with E-state index in [1.807, 2.05) is 0 Å². The average molecular weight is 383 g/mol. The van der Waals surface area contributed by atoms with E-state index in [0.717, 1.165) is 24.4 Å². The monoisotopic (exact) mass is 382 g/mol. The van der Waals surface area contributed by atoms with Gasteiger partial charge in [-0.1, -0.05) is 17.7 Å². The Labute approximate surface area is 152 Å². The summed E-state index contributed by atoms with van der Waals surface area (Å²) in [6.07, 6.45) is 1.92. The van der Waals surface area contributed by atoms with E-state index < -0.39 is 11.7 Å². The molecule has 2 aromatic rings. The van der Waals surface area contributed by atoms with E-state index in [1.54, 1.807) is 4.90 Å². The number of anilines is 1. The lowest BCUT2D eigenvalue weighted by atomic mass is 10.2. The largest absolute Gasteiger partial charge is 0.395 e. The molecule has 0 bridgehead atoms. The maximum Gasteiger partial charge on any atom is 0.275 e. The minimum Gasteiger partial charge on any atom is -0.395 e. The molecule has 0 atom stereocenters. The van der Waals surface area contributed by atoms with E-state index in [-0.39, 0.29) is 33.7 Å².